The number of hydrogen-bond donors (Lipinski definition) is 1. The number of rotatable bonds is 8. The molecule has 0 radical (unpaired) electrons. The maximum absolute atomic E-state index is 12.8. The van der Waals surface area contributed by atoms with Crippen molar-refractivity contribution in [1.29, 1.82) is 0 Å². The van der Waals surface area contributed by atoms with Crippen molar-refractivity contribution in [1.82, 2.24) is 4.72 Å². The van der Waals surface area contributed by atoms with Crippen LogP contribution < -0.4 is 15.1 Å². The third-order valence-corrected chi connectivity index (χ3v) is 6.44. The lowest BCUT2D eigenvalue weighted by Gasteiger charge is -2.21. The maximum atomic E-state index is 12.8. The van der Waals surface area contributed by atoms with E-state index in [4.69, 9.17) is 25.5 Å². The third kappa shape index (κ3) is 5.48. The van der Waals surface area contributed by atoms with Gasteiger partial charge in [0.15, 0.2) is 0 Å². The Morgan fingerprint density at radius 2 is 1.81 bits per heavy atom. The van der Waals surface area contributed by atoms with Crippen molar-refractivity contribution in [3.8, 4) is 5.75 Å². The van der Waals surface area contributed by atoms with E-state index in [-0.39, 0.29) is 17.1 Å². The number of ether oxygens (including phenoxy) is 2. The van der Waals surface area contributed by atoms with Crippen LogP contribution in [0.15, 0.2) is 62.6 Å². The predicted molar refractivity (Wildman–Crippen MR) is 119 cm³/mol. The minimum Gasteiger partial charge on any atom is -0.497 e. The van der Waals surface area contributed by atoms with Crippen LogP contribution in [-0.2, 0) is 26.2 Å². The molecule has 0 fully saturated rings. The Bertz CT molecular complexity index is 1280. The van der Waals surface area contributed by atoms with Crippen LogP contribution in [0.4, 0.5) is 0 Å². The molecule has 0 saturated carbocycles. The van der Waals surface area contributed by atoms with E-state index in [2.05, 4.69) is 4.72 Å². The molecule has 0 saturated heterocycles. The largest absolute Gasteiger partial charge is 0.497 e. The van der Waals surface area contributed by atoms with E-state index >= 15 is 0 Å². The van der Waals surface area contributed by atoms with Gasteiger partial charge in [-0.2, -0.15) is 4.72 Å². The Morgan fingerprint density at radius 3 is 2.44 bits per heavy atom. The lowest BCUT2D eigenvalue weighted by atomic mass is 10.1. The lowest BCUT2D eigenvalue weighted by molar-refractivity contribution is -0.148. The Hall–Kier alpha value is -2.88. The molecule has 0 aliphatic heterocycles. The normalized spacial score (nSPS) is 12.7. The summed E-state index contributed by atoms with van der Waals surface area (Å²) in [6, 6.07) is 10.6. The van der Waals surface area contributed by atoms with E-state index in [1.165, 1.54) is 37.4 Å². The fourth-order valence-electron chi connectivity index (χ4n) is 3.00. The number of hydrogen-bond acceptors (Lipinski definition) is 7. The fourth-order valence-corrected chi connectivity index (χ4v) is 4.46. The minimum atomic E-state index is -3.99. The standard InChI is InChI=1S/C22H22ClNO7S/c1-13(2)21(24-32(27,28)17-7-4-15(23)5-8-17)22(26)30-12-14-10-20(25)31-19-11-16(29-3)6-9-18(14)19/h4-11,13,21,24H,12H2,1-3H3. The summed E-state index contributed by atoms with van der Waals surface area (Å²) in [6.07, 6.45) is 0. The molecule has 32 heavy (non-hydrogen) atoms. The first-order valence-corrected chi connectivity index (χ1v) is 11.5. The summed E-state index contributed by atoms with van der Waals surface area (Å²) in [7, 11) is -2.50. The summed E-state index contributed by atoms with van der Waals surface area (Å²) in [6.45, 7) is 3.14. The van der Waals surface area contributed by atoms with Crippen LogP contribution in [-0.4, -0.2) is 27.5 Å². The molecule has 0 bridgehead atoms. The van der Waals surface area contributed by atoms with Crippen molar-refractivity contribution >= 4 is 38.6 Å². The molecule has 1 atom stereocenters. The Labute approximate surface area is 190 Å². The molecule has 10 heteroatoms. The topological polar surface area (TPSA) is 112 Å². The van der Waals surface area contributed by atoms with E-state index < -0.39 is 33.6 Å². The summed E-state index contributed by atoms with van der Waals surface area (Å²) in [5.41, 5.74) is 0.0997. The number of nitrogens with one attached hydrogen (secondary N) is 1. The molecule has 0 aliphatic carbocycles. The van der Waals surface area contributed by atoms with Crippen molar-refractivity contribution in [2.45, 2.75) is 31.4 Å². The smallest absolute Gasteiger partial charge is 0.336 e. The molecule has 170 valence electrons. The molecule has 1 N–H and O–H groups in total. The van der Waals surface area contributed by atoms with Gasteiger partial charge in [0.25, 0.3) is 0 Å². The summed E-state index contributed by atoms with van der Waals surface area (Å²) in [4.78, 5) is 24.6. The van der Waals surface area contributed by atoms with Gasteiger partial charge in [-0.15, -0.1) is 0 Å². The molecule has 0 aliphatic rings. The number of methoxy groups -OCH3 is 1. The SMILES string of the molecule is COc1ccc2c(COC(=O)C(NS(=O)(=O)c3ccc(Cl)cc3)C(C)C)cc(=O)oc2c1. The molecule has 1 aromatic heterocycles. The van der Waals surface area contributed by atoms with E-state index in [9.17, 15) is 18.0 Å². The second-order valence-corrected chi connectivity index (χ2v) is 9.51. The second kappa shape index (κ2) is 9.72. The second-order valence-electron chi connectivity index (χ2n) is 7.36. The van der Waals surface area contributed by atoms with Gasteiger partial charge in [0.2, 0.25) is 10.0 Å². The zero-order valence-electron chi connectivity index (χ0n) is 17.6. The van der Waals surface area contributed by atoms with Gasteiger partial charge < -0.3 is 13.9 Å². The van der Waals surface area contributed by atoms with E-state index in [0.29, 0.717) is 21.7 Å². The van der Waals surface area contributed by atoms with Crippen LogP contribution in [0, 0.1) is 5.92 Å². The van der Waals surface area contributed by atoms with Crippen LogP contribution in [0.5, 0.6) is 5.75 Å². The predicted octanol–water partition coefficient (Wildman–Crippen LogP) is 3.50. The van der Waals surface area contributed by atoms with E-state index in [1.54, 1.807) is 32.0 Å². The average Bonchev–Trinajstić information content (AvgIpc) is 2.75. The molecule has 3 aromatic rings. The van der Waals surface area contributed by atoms with Gasteiger partial charge in [-0.05, 0) is 42.3 Å². The minimum absolute atomic E-state index is 0.0269. The average molecular weight is 480 g/mol. The number of benzene rings is 2. The first-order chi connectivity index (χ1) is 15.1. The highest BCUT2D eigenvalue weighted by molar-refractivity contribution is 7.89. The molecule has 1 heterocycles. The Morgan fingerprint density at radius 1 is 1.12 bits per heavy atom. The number of esters is 1. The monoisotopic (exact) mass is 479 g/mol. The highest BCUT2D eigenvalue weighted by Gasteiger charge is 2.30. The molecule has 0 spiro atoms. The molecule has 8 nitrogen and oxygen atoms in total. The number of carbonyl (C=O) groups excluding carboxylic acids is 1. The first kappa shape index (κ1) is 23.8. The van der Waals surface area contributed by atoms with Gasteiger partial charge in [-0.1, -0.05) is 25.4 Å². The van der Waals surface area contributed by atoms with Gasteiger partial charge in [0.1, 0.15) is 24.0 Å². The van der Waals surface area contributed by atoms with Crippen LogP contribution in [0.2, 0.25) is 5.02 Å². The summed E-state index contributed by atoms with van der Waals surface area (Å²) < 4.78 is 43.4. The zero-order chi connectivity index (χ0) is 23.5. The quantitative estimate of drug-likeness (QED) is 0.388. The van der Waals surface area contributed by atoms with Crippen LogP contribution in [0.3, 0.4) is 0 Å². The molecule has 1 unspecified atom stereocenters. The maximum Gasteiger partial charge on any atom is 0.336 e. The number of carbonyl (C=O) groups is 1. The molecule has 3 rings (SSSR count). The van der Waals surface area contributed by atoms with Gasteiger partial charge in [-0.25, -0.2) is 13.2 Å². The van der Waals surface area contributed by atoms with Crippen molar-refractivity contribution in [3.63, 3.8) is 0 Å². The van der Waals surface area contributed by atoms with Crippen molar-refractivity contribution in [3.05, 3.63) is 69.5 Å². The lowest BCUT2D eigenvalue weighted by Crippen LogP contribution is -2.45. The van der Waals surface area contributed by atoms with Gasteiger partial charge in [-0.3, -0.25) is 4.79 Å². The van der Waals surface area contributed by atoms with Crippen molar-refractivity contribution < 1.29 is 27.1 Å². The Balaban J connectivity index is 1.80. The summed E-state index contributed by atoms with van der Waals surface area (Å²) >= 11 is 5.81. The number of fused-ring (bicyclic) bond motifs is 1. The summed E-state index contributed by atoms with van der Waals surface area (Å²) in [5, 5.41) is 0.960. The third-order valence-electron chi connectivity index (χ3n) is 4.73. The highest BCUT2D eigenvalue weighted by Crippen LogP contribution is 2.23. The summed E-state index contributed by atoms with van der Waals surface area (Å²) in [5.74, 6) is -0.662. The van der Waals surface area contributed by atoms with Crippen LogP contribution in [0.1, 0.15) is 19.4 Å². The zero-order valence-corrected chi connectivity index (χ0v) is 19.2. The van der Waals surface area contributed by atoms with Crippen LogP contribution >= 0.6 is 11.6 Å². The van der Waals surface area contributed by atoms with Crippen molar-refractivity contribution in [2.24, 2.45) is 5.92 Å². The molecular weight excluding hydrogens is 458 g/mol. The fraction of sp³-hybridized carbons (Fsp3) is 0.273. The van der Waals surface area contributed by atoms with Gasteiger partial charge in [0.05, 0.1) is 12.0 Å². The first-order valence-electron chi connectivity index (χ1n) is 9.66. The van der Waals surface area contributed by atoms with Gasteiger partial charge in [0, 0.05) is 28.1 Å². The number of sulfonamides is 1. The van der Waals surface area contributed by atoms with Crippen molar-refractivity contribution in [2.75, 3.05) is 7.11 Å². The Kier molecular flexibility index (Phi) is 7.22. The van der Waals surface area contributed by atoms with E-state index in [1.807, 2.05) is 0 Å². The van der Waals surface area contributed by atoms with E-state index in [0.717, 1.165) is 0 Å². The van der Waals surface area contributed by atoms with Gasteiger partial charge >= 0.3 is 11.6 Å². The molecular formula is C22H22ClNO7S. The molecule has 0 amide bonds. The molecule has 2 aromatic carbocycles. The van der Waals surface area contributed by atoms with Crippen LogP contribution in [0.25, 0.3) is 11.0 Å². The highest BCUT2D eigenvalue weighted by atomic mass is 35.5. The number of halogens is 1.